The van der Waals surface area contributed by atoms with Gasteiger partial charge in [0.25, 0.3) is 0 Å². The molecule has 0 fully saturated rings. The standard InChI is InChI=1S/C25H51NO/c1-4-7-8-9-10-11-12-13-14-15-16-17-18-19-20-21-22-23-24-25(27)26(5-2)6-3/h4-24H2,1-3H3. The van der Waals surface area contributed by atoms with Gasteiger partial charge in [-0.15, -0.1) is 0 Å². The molecule has 0 saturated carbocycles. The maximum absolute atomic E-state index is 11.9. The highest BCUT2D eigenvalue weighted by molar-refractivity contribution is 5.75. The van der Waals surface area contributed by atoms with Crippen molar-refractivity contribution < 1.29 is 4.79 Å². The monoisotopic (exact) mass is 381 g/mol. The van der Waals surface area contributed by atoms with E-state index in [1.807, 2.05) is 4.90 Å². The Labute approximate surface area is 171 Å². The number of hydrogen-bond acceptors (Lipinski definition) is 1. The van der Waals surface area contributed by atoms with E-state index >= 15 is 0 Å². The number of carbonyl (C=O) groups is 1. The molecule has 0 rings (SSSR count). The summed E-state index contributed by atoms with van der Waals surface area (Å²) in [5.41, 5.74) is 0. The van der Waals surface area contributed by atoms with Gasteiger partial charge in [-0.3, -0.25) is 4.79 Å². The zero-order valence-corrected chi connectivity index (χ0v) is 19.2. The second-order valence-corrected chi connectivity index (χ2v) is 8.33. The van der Waals surface area contributed by atoms with Gasteiger partial charge in [0.15, 0.2) is 0 Å². The number of rotatable bonds is 21. The van der Waals surface area contributed by atoms with E-state index in [0.29, 0.717) is 5.91 Å². The molecule has 1 amide bonds. The molecule has 2 heteroatoms. The predicted octanol–water partition coefficient (Wildman–Crippen LogP) is 8.29. The third-order valence-electron chi connectivity index (χ3n) is 5.86. The SMILES string of the molecule is CCCCCCCCCCCCCCCCCCCCC(=O)N(CC)CC. The van der Waals surface area contributed by atoms with E-state index in [9.17, 15) is 4.79 Å². The molecule has 0 aliphatic carbocycles. The summed E-state index contributed by atoms with van der Waals surface area (Å²) in [6, 6.07) is 0. The van der Waals surface area contributed by atoms with E-state index < -0.39 is 0 Å². The van der Waals surface area contributed by atoms with Crippen molar-refractivity contribution in [1.29, 1.82) is 0 Å². The molecule has 0 aliphatic rings. The van der Waals surface area contributed by atoms with Crippen molar-refractivity contribution in [1.82, 2.24) is 4.90 Å². The quantitative estimate of drug-likeness (QED) is 0.183. The molecule has 0 heterocycles. The smallest absolute Gasteiger partial charge is 0.222 e. The lowest BCUT2D eigenvalue weighted by Gasteiger charge is -2.18. The Hall–Kier alpha value is -0.530. The molecule has 0 spiro atoms. The molecular weight excluding hydrogens is 330 g/mol. The molecule has 0 bridgehead atoms. The van der Waals surface area contributed by atoms with Crippen molar-refractivity contribution in [3.63, 3.8) is 0 Å². The Kier molecular flexibility index (Phi) is 21.3. The van der Waals surface area contributed by atoms with Crippen LogP contribution < -0.4 is 0 Å². The molecule has 0 aromatic rings. The summed E-state index contributed by atoms with van der Waals surface area (Å²) in [7, 11) is 0. The van der Waals surface area contributed by atoms with Gasteiger partial charge in [-0.2, -0.15) is 0 Å². The summed E-state index contributed by atoms with van der Waals surface area (Å²) in [5.74, 6) is 0.344. The lowest BCUT2D eigenvalue weighted by atomic mass is 10.0. The molecule has 0 aromatic carbocycles. The van der Waals surface area contributed by atoms with Crippen LogP contribution in [0.2, 0.25) is 0 Å². The van der Waals surface area contributed by atoms with Gasteiger partial charge < -0.3 is 4.90 Å². The van der Waals surface area contributed by atoms with Crippen LogP contribution in [0.1, 0.15) is 143 Å². The van der Waals surface area contributed by atoms with Gasteiger partial charge in [0.1, 0.15) is 0 Å². The minimum absolute atomic E-state index is 0.344. The van der Waals surface area contributed by atoms with Crippen molar-refractivity contribution in [3.05, 3.63) is 0 Å². The summed E-state index contributed by atoms with van der Waals surface area (Å²) in [6.07, 6.45) is 25.8. The minimum Gasteiger partial charge on any atom is -0.343 e. The van der Waals surface area contributed by atoms with Crippen LogP contribution in [0, 0.1) is 0 Å². The molecule has 0 saturated heterocycles. The van der Waals surface area contributed by atoms with Crippen molar-refractivity contribution in [3.8, 4) is 0 Å². The molecule has 2 nitrogen and oxygen atoms in total. The van der Waals surface area contributed by atoms with E-state index in [2.05, 4.69) is 20.8 Å². The first-order valence-electron chi connectivity index (χ1n) is 12.5. The van der Waals surface area contributed by atoms with Crippen molar-refractivity contribution in [2.75, 3.05) is 13.1 Å². The molecule has 162 valence electrons. The van der Waals surface area contributed by atoms with Crippen LogP contribution in [0.15, 0.2) is 0 Å². The van der Waals surface area contributed by atoms with Crippen molar-refractivity contribution in [2.45, 2.75) is 143 Å². The number of nitrogens with zero attached hydrogens (tertiary/aromatic N) is 1. The fraction of sp³-hybridized carbons (Fsp3) is 0.960. The van der Waals surface area contributed by atoms with E-state index in [4.69, 9.17) is 0 Å². The summed E-state index contributed by atoms with van der Waals surface area (Å²) in [6.45, 7) is 8.13. The first kappa shape index (κ1) is 26.5. The van der Waals surface area contributed by atoms with E-state index in [1.165, 1.54) is 109 Å². The second-order valence-electron chi connectivity index (χ2n) is 8.33. The van der Waals surface area contributed by atoms with Crippen LogP contribution >= 0.6 is 0 Å². The van der Waals surface area contributed by atoms with Gasteiger partial charge in [0.2, 0.25) is 5.91 Å². The van der Waals surface area contributed by atoms with Crippen LogP contribution in [-0.4, -0.2) is 23.9 Å². The van der Waals surface area contributed by atoms with E-state index in [-0.39, 0.29) is 0 Å². The van der Waals surface area contributed by atoms with Gasteiger partial charge in [0, 0.05) is 19.5 Å². The van der Waals surface area contributed by atoms with Crippen molar-refractivity contribution in [2.24, 2.45) is 0 Å². The Balaban J connectivity index is 3.14. The van der Waals surface area contributed by atoms with Crippen LogP contribution in [0.5, 0.6) is 0 Å². The van der Waals surface area contributed by atoms with Crippen molar-refractivity contribution >= 4 is 5.91 Å². The van der Waals surface area contributed by atoms with Crippen LogP contribution in [0.3, 0.4) is 0 Å². The van der Waals surface area contributed by atoms with Gasteiger partial charge in [0.05, 0.1) is 0 Å². The zero-order valence-electron chi connectivity index (χ0n) is 19.2. The molecule has 27 heavy (non-hydrogen) atoms. The van der Waals surface area contributed by atoms with E-state index in [1.54, 1.807) is 0 Å². The van der Waals surface area contributed by atoms with Crippen LogP contribution in [0.25, 0.3) is 0 Å². The highest BCUT2D eigenvalue weighted by Gasteiger charge is 2.08. The van der Waals surface area contributed by atoms with E-state index in [0.717, 1.165) is 25.9 Å². The molecule has 0 unspecified atom stereocenters. The lowest BCUT2D eigenvalue weighted by Crippen LogP contribution is -2.30. The maximum Gasteiger partial charge on any atom is 0.222 e. The van der Waals surface area contributed by atoms with Gasteiger partial charge in [-0.1, -0.05) is 116 Å². The fourth-order valence-corrected chi connectivity index (χ4v) is 3.91. The number of carbonyl (C=O) groups excluding carboxylic acids is 1. The average Bonchev–Trinajstić information content (AvgIpc) is 2.68. The van der Waals surface area contributed by atoms with Crippen LogP contribution in [0.4, 0.5) is 0 Å². The summed E-state index contributed by atoms with van der Waals surface area (Å²) in [5, 5.41) is 0. The van der Waals surface area contributed by atoms with Gasteiger partial charge in [-0.05, 0) is 20.3 Å². The number of unbranched alkanes of at least 4 members (excludes halogenated alkanes) is 17. The Morgan fingerprint density at radius 3 is 1.07 bits per heavy atom. The third-order valence-corrected chi connectivity index (χ3v) is 5.86. The normalized spacial score (nSPS) is 11.1. The molecule has 0 N–H and O–H groups in total. The molecular formula is C25H51NO. The first-order chi connectivity index (χ1) is 13.3. The highest BCUT2D eigenvalue weighted by Crippen LogP contribution is 2.14. The zero-order chi connectivity index (χ0) is 20.0. The lowest BCUT2D eigenvalue weighted by molar-refractivity contribution is -0.130. The van der Waals surface area contributed by atoms with Gasteiger partial charge >= 0.3 is 0 Å². The molecule has 0 radical (unpaired) electrons. The predicted molar refractivity (Wildman–Crippen MR) is 121 cm³/mol. The Morgan fingerprint density at radius 1 is 0.481 bits per heavy atom. The fourth-order valence-electron chi connectivity index (χ4n) is 3.91. The first-order valence-corrected chi connectivity index (χ1v) is 12.5. The van der Waals surface area contributed by atoms with Gasteiger partial charge in [-0.25, -0.2) is 0 Å². The molecule has 0 aliphatic heterocycles. The summed E-state index contributed by atoms with van der Waals surface area (Å²) >= 11 is 0. The topological polar surface area (TPSA) is 20.3 Å². The Morgan fingerprint density at radius 2 is 0.778 bits per heavy atom. The maximum atomic E-state index is 11.9. The largest absolute Gasteiger partial charge is 0.343 e. The molecule has 0 atom stereocenters. The minimum atomic E-state index is 0.344. The third kappa shape index (κ3) is 18.6. The second kappa shape index (κ2) is 21.8. The Bertz CT molecular complexity index is 299. The number of amides is 1. The summed E-state index contributed by atoms with van der Waals surface area (Å²) < 4.78 is 0. The average molecular weight is 382 g/mol. The van der Waals surface area contributed by atoms with Crippen LogP contribution in [-0.2, 0) is 4.79 Å². The number of hydrogen-bond donors (Lipinski definition) is 0. The highest BCUT2D eigenvalue weighted by atomic mass is 16.2. The summed E-state index contributed by atoms with van der Waals surface area (Å²) in [4.78, 5) is 13.9. The molecule has 0 aromatic heterocycles.